The predicted octanol–water partition coefficient (Wildman–Crippen LogP) is 4.48. The Hall–Kier alpha value is -1.49. The standard InChI is InChI=1S/C12H6Cl3N3O/c13-7-2-1-3-8(10(7)14)19-9-6-17-12(15)18-5-4-16-11(9)18/h1-6H. The number of rotatable bonds is 2. The van der Waals surface area contributed by atoms with Crippen LogP contribution in [0.15, 0.2) is 36.8 Å². The fourth-order valence-corrected chi connectivity index (χ4v) is 2.14. The van der Waals surface area contributed by atoms with Gasteiger partial charge in [0.25, 0.3) is 0 Å². The normalized spacial score (nSPS) is 10.9. The number of imidazole rings is 1. The van der Waals surface area contributed by atoms with E-state index in [9.17, 15) is 0 Å². The fourth-order valence-electron chi connectivity index (χ4n) is 1.62. The molecule has 0 aliphatic rings. The van der Waals surface area contributed by atoms with Gasteiger partial charge < -0.3 is 4.74 Å². The Morgan fingerprint density at radius 3 is 2.74 bits per heavy atom. The van der Waals surface area contributed by atoms with E-state index in [1.54, 1.807) is 35.0 Å². The third kappa shape index (κ3) is 2.23. The second-order valence-electron chi connectivity index (χ2n) is 3.67. The van der Waals surface area contributed by atoms with Gasteiger partial charge in [-0.3, -0.25) is 4.40 Å². The zero-order valence-electron chi connectivity index (χ0n) is 9.35. The Morgan fingerprint density at radius 2 is 1.89 bits per heavy atom. The van der Waals surface area contributed by atoms with Crippen molar-refractivity contribution in [2.45, 2.75) is 0 Å². The van der Waals surface area contributed by atoms with Crippen LogP contribution in [0.25, 0.3) is 5.65 Å². The molecule has 4 nitrogen and oxygen atoms in total. The van der Waals surface area contributed by atoms with Gasteiger partial charge in [-0.05, 0) is 23.7 Å². The maximum Gasteiger partial charge on any atom is 0.208 e. The second-order valence-corrected chi connectivity index (χ2v) is 4.79. The summed E-state index contributed by atoms with van der Waals surface area (Å²) in [7, 11) is 0. The Balaban J connectivity index is 2.09. The van der Waals surface area contributed by atoms with E-state index >= 15 is 0 Å². The first-order chi connectivity index (χ1) is 9.16. The summed E-state index contributed by atoms with van der Waals surface area (Å²) in [5, 5.41) is 1.06. The molecule has 19 heavy (non-hydrogen) atoms. The van der Waals surface area contributed by atoms with Crippen LogP contribution in [0.5, 0.6) is 11.5 Å². The van der Waals surface area contributed by atoms with Crippen molar-refractivity contribution >= 4 is 40.4 Å². The molecule has 0 amide bonds. The van der Waals surface area contributed by atoms with Gasteiger partial charge in [0.15, 0.2) is 11.4 Å². The number of fused-ring (bicyclic) bond motifs is 1. The highest BCUT2D eigenvalue weighted by Gasteiger charge is 2.12. The molecule has 0 saturated heterocycles. The van der Waals surface area contributed by atoms with Crippen LogP contribution in [0.2, 0.25) is 15.3 Å². The van der Waals surface area contributed by atoms with Gasteiger partial charge in [-0.15, -0.1) is 0 Å². The summed E-state index contributed by atoms with van der Waals surface area (Å²) in [6.07, 6.45) is 4.79. The molecule has 7 heteroatoms. The van der Waals surface area contributed by atoms with E-state index in [2.05, 4.69) is 9.97 Å². The van der Waals surface area contributed by atoms with E-state index in [0.717, 1.165) is 0 Å². The molecule has 2 aromatic heterocycles. The Labute approximate surface area is 123 Å². The molecule has 0 radical (unpaired) electrons. The van der Waals surface area contributed by atoms with Crippen molar-refractivity contribution in [3.63, 3.8) is 0 Å². The Kier molecular flexibility index (Phi) is 3.22. The monoisotopic (exact) mass is 313 g/mol. The number of nitrogens with zero attached hydrogens (tertiary/aromatic N) is 3. The molecular weight excluding hydrogens is 309 g/mol. The molecule has 0 saturated carbocycles. The van der Waals surface area contributed by atoms with E-state index in [1.807, 2.05) is 0 Å². The molecule has 96 valence electrons. The average Bonchev–Trinajstić information content (AvgIpc) is 2.88. The van der Waals surface area contributed by atoms with Crippen LogP contribution in [0.1, 0.15) is 0 Å². The molecule has 0 spiro atoms. The summed E-state index contributed by atoms with van der Waals surface area (Å²) in [5.41, 5.74) is 0.552. The van der Waals surface area contributed by atoms with Gasteiger partial charge in [-0.1, -0.05) is 29.3 Å². The molecule has 1 aromatic carbocycles. The summed E-state index contributed by atoms with van der Waals surface area (Å²) < 4.78 is 7.30. The first kappa shape index (κ1) is 12.5. The van der Waals surface area contributed by atoms with Gasteiger partial charge in [0.2, 0.25) is 5.28 Å². The van der Waals surface area contributed by atoms with Gasteiger partial charge in [-0.2, -0.15) is 0 Å². The minimum Gasteiger partial charge on any atom is -0.450 e. The van der Waals surface area contributed by atoms with Crippen LogP contribution in [-0.2, 0) is 0 Å². The van der Waals surface area contributed by atoms with Crippen LogP contribution in [0, 0.1) is 0 Å². The lowest BCUT2D eigenvalue weighted by Crippen LogP contribution is -1.94. The Morgan fingerprint density at radius 1 is 1.05 bits per heavy atom. The SMILES string of the molecule is Clc1cccc(Oc2cnc(Cl)n3ccnc23)c1Cl. The molecule has 0 N–H and O–H groups in total. The largest absolute Gasteiger partial charge is 0.450 e. The highest BCUT2D eigenvalue weighted by Crippen LogP contribution is 2.35. The number of hydrogen-bond donors (Lipinski definition) is 0. The summed E-state index contributed by atoms with van der Waals surface area (Å²) in [5.74, 6) is 0.877. The molecule has 0 bridgehead atoms. The molecule has 3 rings (SSSR count). The van der Waals surface area contributed by atoms with Gasteiger partial charge in [-0.25, -0.2) is 9.97 Å². The topological polar surface area (TPSA) is 39.4 Å². The fraction of sp³-hybridized carbons (Fsp3) is 0. The van der Waals surface area contributed by atoms with E-state index in [0.29, 0.717) is 32.5 Å². The lowest BCUT2D eigenvalue weighted by molar-refractivity contribution is 0.482. The zero-order chi connectivity index (χ0) is 13.4. The molecule has 2 heterocycles. The number of benzene rings is 1. The van der Waals surface area contributed by atoms with Crippen molar-refractivity contribution in [3.05, 3.63) is 52.1 Å². The smallest absolute Gasteiger partial charge is 0.208 e. The highest BCUT2D eigenvalue weighted by molar-refractivity contribution is 6.42. The second kappa shape index (κ2) is 4.89. The predicted molar refractivity (Wildman–Crippen MR) is 74.5 cm³/mol. The van der Waals surface area contributed by atoms with Crippen LogP contribution in [0.3, 0.4) is 0 Å². The van der Waals surface area contributed by atoms with E-state index in [4.69, 9.17) is 39.5 Å². The van der Waals surface area contributed by atoms with Gasteiger partial charge >= 0.3 is 0 Å². The number of hydrogen-bond acceptors (Lipinski definition) is 3. The van der Waals surface area contributed by atoms with E-state index < -0.39 is 0 Å². The molecule has 3 aromatic rings. The van der Waals surface area contributed by atoms with Gasteiger partial charge in [0.05, 0.1) is 11.2 Å². The first-order valence-corrected chi connectivity index (χ1v) is 6.39. The number of aromatic nitrogens is 3. The zero-order valence-corrected chi connectivity index (χ0v) is 11.6. The average molecular weight is 315 g/mol. The summed E-state index contributed by atoms with van der Waals surface area (Å²) in [6.45, 7) is 0. The quantitative estimate of drug-likeness (QED) is 0.655. The molecule has 0 fully saturated rings. The highest BCUT2D eigenvalue weighted by atomic mass is 35.5. The number of halogens is 3. The van der Waals surface area contributed by atoms with Crippen molar-refractivity contribution in [1.29, 1.82) is 0 Å². The van der Waals surface area contributed by atoms with E-state index in [1.165, 1.54) is 6.20 Å². The molecular formula is C12H6Cl3N3O. The maximum atomic E-state index is 6.07. The lowest BCUT2D eigenvalue weighted by Gasteiger charge is -2.09. The van der Waals surface area contributed by atoms with Crippen molar-refractivity contribution in [1.82, 2.24) is 14.4 Å². The van der Waals surface area contributed by atoms with Crippen LogP contribution >= 0.6 is 34.8 Å². The minimum atomic E-state index is 0.303. The van der Waals surface area contributed by atoms with Gasteiger partial charge in [0.1, 0.15) is 10.8 Å². The van der Waals surface area contributed by atoms with Gasteiger partial charge in [0, 0.05) is 12.4 Å². The molecule has 0 atom stereocenters. The Bertz CT molecular complexity index is 757. The van der Waals surface area contributed by atoms with Crippen molar-refractivity contribution in [3.8, 4) is 11.5 Å². The summed E-state index contributed by atoms with van der Waals surface area (Å²) in [4.78, 5) is 8.18. The minimum absolute atomic E-state index is 0.303. The van der Waals surface area contributed by atoms with Crippen LogP contribution in [0.4, 0.5) is 0 Å². The molecule has 0 aliphatic carbocycles. The van der Waals surface area contributed by atoms with Crippen LogP contribution < -0.4 is 4.74 Å². The summed E-state index contributed by atoms with van der Waals surface area (Å²) in [6, 6.07) is 5.14. The van der Waals surface area contributed by atoms with Crippen molar-refractivity contribution in [2.75, 3.05) is 0 Å². The third-order valence-electron chi connectivity index (χ3n) is 2.48. The maximum absolute atomic E-state index is 6.07. The molecule has 0 aliphatic heterocycles. The van der Waals surface area contributed by atoms with Crippen molar-refractivity contribution < 1.29 is 4.74 Å². The third-order valence-corrected chi connectivity index (χ3v) is 3.57. The molecule has 0 unspecified atom stereocenters. The first-order valence-electron chi connectivity index (χ1n) is 5.26. The van der Waals surface area contributed by atoms with E-state index in [-0.39, 0.29) is 0 Å². The lowest BCUT2D eigenvalue weighted by atomic mass is 10.3. The van der Waals surface area contributed by atoms with Crippen molar-refractivity contribution in [2.24, 2.45) is 0 Å². The van der Waals surface area contributed by atoms with Crippen LogP contribution in [-0.4, -0.2) is 14.4 Å². The number of ether oxygens (including phenoxy) is 1. The summed E-state index contributed by atoms with van der Waals surface area (Å²) >= 11 is 17.9.